The third-order valence-corrected chi connectivity index (χ3v) is 2.90. The van der Waals surface area contributed by atoms with E-state index in [-0.39, 0.29) is 5.92 Å². The van der Waals surface area contributed by atoms with Crippen LogP contribution in [0.25, 0.3) is 0 Å². The molecule has 0 aromatic heterocycles. The summed E-state index contributed by atoms with van der Waals surface area (Å²) in [6.07, 6.45) is 0.276. The molecule has 1 fully saturated rings. The third-order valence-electron chi connectivity index (χ3n) is 2.90. The van der Waals surface area contributed by atoms with Gasteiger partial charge < -0.3 is 14.7 Å². The number of benzene rings is 1. The first-order valence-electron chi connectivity index (χ1n) is 5.25. The van der Waals surface area contributed by atoms with Crippen LogP contribution in [0, 0.1) is 0 Å². The quantitative estimate of drug-likeness (QED) is 0.799. The predicted octanol–water partition coefficient (Wildman–Crippen LogP) is 1.57. The molecule has 2 rings (SSSR count). The van der Waals surface area contributed by atoms with Crippen LogP contribution in [-0.4, -0.2) is 32.1 Å². The summed E-state index contributed by atoms with van der Waals surface area (Å²) < 4.78 is 5.14. The largest absolute Gasteiger partial charge is 0.378 e. The molecule has 2 unspecified atom stereocenters. The van der Waals surface area contributed by atoms with Crippen molar-refractivity contribution in [3.05, 3.63) is 29.8 Å². The van der Waals surface area contributed by atoms with Crippen molar-refractivity contribution in [3.63, 3.8) is 0 Å². The fraction of sp³-hybridized carbons (Fsp3) is 0.500. The summed E-state index contributed by atoms with van der Waals surface area (Å²) in [6, 6.07) is 8.27. The maximum absolute atomic E-state index is 9.59. The summed E-state index contributed by atoms with van der Waals surface area (Å²) in [7, 11) is 4.03. The Labute approximate surface area is 90.3 Å². The van der Waals surface area contributed by atoms with Crippen LogP contribution in [0.4, 0.5) is 5.69 Å². The van der Waals surface area contributed by atoms with E-state index in [1.807, 2.05) is 14.1 Å². The Morgan fingerprint density at radius 3 is 2.40 bits per heavy atom. The van der Waals surface area contributed by atoms with E-state index in [0.29, 0.717) is 6.61 Å². The smallest absolute Gasteiger partial charge is 0.161 e. The van der Waals surface area contributed by atoms with Gasteiger partial charge in [0.15, 0.2) is 6.29 Å². The second-order valence-corrected chi connectivity index (χ2v) is 4.14. The minimum Gasteiger partial charge on any atom is -0.378 e. The van der Waals surface area contributed by atoms with Gasteiger partial charge in [-0.05, 0) is 24.1 Å². The maximum Gasteiger partial charge on any atom is 0.161 e. The number of anilines is 1. The highest BCUT2D eigenvalue weighted by Gasteiger charge is 2.27. The van der Waals surface area contributed by atoms with Crippen molar-refractivity contribution in [2.45, 2.75) is 18.6 Å². The molecule has 0 radical (unpaired) electrons. The molecule has 1 aliphatic heterocycles. The normalized spacial score (nSPS) is 25.5. The van der Waals surface area contributed by atoms with Gasteiger partial charge in [-0.25, -0.2) is 0 Å². The van der Waals surface area contributed by atoms with Crippen LogP contribution in [0.5, 0.6) is 0 Å². The van der Waals surface area contributed by atoms with Gasteiger partial charge in [-0.1, -0.05) is 12.1 Å². The van der Waals surface area contributed by atoms with Crippen molar-refractivity contribution in [2.75, 3.05) is 25.6 Å². The van der Waals surface area contributed by atoms with Gasteiger partial charge in [0.2, 0.25) is 0 Å². The zero-order chi connectivity index (χ0) is 10.8. The Kier molecular flexibility index (Phi) is 2.93. The van der Waals surface area contributed by atoms with Gasteiger partial charge in [0.05, 0.1) is 6.61 Å². The fourth-order valence-electron chi connectivity index (χ4n) is 1.93. The lowest BCUT2D eigenvalue weighted by atomic mass is 9.97. The summed E-state index contributed by atoms with van der Waals surface area (Å²) in [5.41, 5.74) is 2.33. The van der Waals surface area contributed by atoms with Crippen LogP contribution >= 0.6 is 0 Å². The van der Waals surface area contributed by atoms with E-state index >= 15 is 0 Å². The predicted molar refractivity (Wildman–Crippen MR) is 60.1 cm³/mol. The summed E-state index contributed by atoms with van der Waals surface area (Å²) >= 11 is 0. The van der Waals surface area contributed by atoms with Crippen molar-refractivity contribution in [1.29, 1.82) is 0 Å². The summed E-state index contributed by atoms with van der Waals surface area (Å²) in [5, 5.41) is 9.59. The van der Waals surface area contributed by atoms with Gasteiger partial charge in [0.25, 0.3) is 0 Å². The number of hydrogen-bond acceptors (Lipinski definition) is 3. The van der Waals surface area contributed by atoms with Crippen LogP contribution in [-0.2, 0) is 4.74 Å². The number of ether oxygens (including phenoxy) is 1. The molecule has 1 aliphatic rings. The molecular weight excluding hydrogens is 190 g/mol. The van der Waals surface area contributed by atoms with Crippen LogP contribution in [0.3, 0.4) is 0 Å². The molecular formula is C12H17NO2. The zero-order valence-electron chi connectivity index (χ0n) is 9.18. The van der Waals surface area contributed by atoms with Crippen molar-refractivity contribution in [1.82, 2.24) is 0 Å². The lowest BCUT2D eigenvalue weighted by Crippen LogP contribution is -2.13. The highest BCUT2D eigenvalue weighted by Crippen LogP contribution is 2.30. The maximum atomic E-state index is 9.59. The molecule has 0 aliphatic carbocycles. The lowest BCUT2D eigenvalue weighted by Gasteiger charge is -2.16. The zero-order valence-corrected chi connectivity index (χ0v) is 9.18. The standard InChI is InChI=1S/C12H17NO2/c1-13(2)10-5-3-9(4-6-10)11-7-8-15-12(11)14/h3-6,11-12,14H,7-8H2,1-2H3. The number of nitrogens with zero attached hydrogens (tertiary/aromatic N) is 1. The topological polar surface area (TPSA) is 32.7 Å². The van der Waals surface area contributed by atoms with E-state index in [1.54, 1.807) is 0 Å². The van der Waals surface area contributed by atoms with Gasteiger partial charge in [0.1, 0.15) is 0 Å². The highest BCUT2D eigenvalue weighted by atomic mass is 16.6. The van der Waals surface area contributed by atoms with Crippen molar-refractivity contribution in [2.24, 2.45) is 0 Å². The van der Waals surface area contributed by atoms with E-state index < -0.39 is 6.29 Å². The average Bonchev–Trinajstić information content (AvgIpc) is 2.65. The van der Waals surface area contributed by atoms with Gasteiger partial charge in [-0.3, -0.25) is 0 Å². The summed E-state index contributed by atoms with van der Waals surface area (Å²) in [4.78, 5) is 2.06. The molecule has 1 aromatic carbocycles. The van der Waals surface area contributed by atoms with E-state index in [0.717, 1.165) is 12.0 Å². The van der Waals surface area contributed by atoms with Gasteiger partial charge in [0, 0.05) is 25.7 Å². The molecule has 1 heterocycles. The molecule has 0 spiro atoms. The van der Waals surface area contributed by atoms with Gasteiger partial charge in [-0.2, -0.15) is 0 Å². The molecule has 1 saturated heterocycles. The first-order chi connectivity index (χ1) is 7.18. The monoisotopic (exact) mass is 207 g/mol. The highest BCUT2D eigenvalue weighted by molar-refractivity contribution is 5.46. The fourth-order valence-corrected chi connectivity index (χ4v) is 1.93. The van der Waals surface area contributed by atoms with Crippen LogP contribution in [0.2, 0.25) is 0 Å². The SMILES string of the molecule is CN(C)c1ccc(C2CCOC2O)cc1. The molecule has 0 saturated carbocycles. The van der Waals surface area contributed by atoms with Crippen LogP contribution < -0.4 is 4.90 Å². The molecule has 0 bridgehead atoms. The molecule has 15 heavy (non-hydrogen) atoms. The Hall–Kier alpha value is -1.06. The number of rotatable bonds is 2. The van der Waals surface area contributed by atoms with E-state index in [9.17, 15) is 5.11 Å². The summed E-state index contributed by atoms with van der Waals surface area (Å²) in [5.74, 6) is 0.140. The lowest BCUT2D eigenvalue weighted by molar-refractivity contribution is -0.0678. The molecule has 82 valence electrons. The van der Waals surface area contributed by atoms with E-state index in [2.05, 4.69) is 29.2 Å². The van der Waals surface area contributed by atoms with Crippen molar-refractivity contribution >= 4 is 5.69 Å². The first kappa shape index (κ1) is 10.5. The Morgan fingerprint density at radius 1 is 1.27 bits per heavy atom. The Morgan fingerprint density at radius 2 is 1.93 bits per heavy atom. The molecule has 3 heteroatoms. The molecule has 1 N–H and O–H groups in total. The first-order valence-corrected chi connectivity index (χ1v) is 5.25. The van der Waals surface area contributed by atoms with E-state index in [1.165, 1.54) is 5.69 Å². The van der Waals surface area contributed by atoms with Crippen molar-refractivity contribution < 1.29 is 9.84 Å². The molecule has 1 aromatic rings. The minimum atomic E-state index is -0.629. The molecule has 2 atom stereocenters. The molecule has 3 nitrogen and oxygen atoms in total. The summed E-state index contributed by atoms with van der Waals surface area (Å²) in [6.45, 7) is 0.654. The van der Waals surface area contributed by atoms with Gasteiger partial charge >= 0.3 is 0 Å². The number of hydrogen-bond donors (Lipinski definition) is 1. The minimum absolute atomic E-state index is 0.140. The van der Waals surface area contributed by atoms with Gasteiger partial charge in [-0.15, -0.1) is 0 Å². The third kappa shape index (κ3) is 2.13. The number of aliphatic hydroxyl groups is 1. The van der Waals surface area contributed by atoms with E-state index in [4.69, 9.17) is 4.74 Å². The molecule has 0 amide bonds. The van der Waals surface area contributed by atoms with Crippen molar-refractivity contribution in [3.8, 4) is 0 Å². The second kappa shape index (κ2) is 4.21. The Balaban J connectivity index is 2.16. The van der Waals surface area contributed by atoms with Crippen LogP contribution in [0.1, 0.15) is 17.9 Å². The number of aliphatic hydroxyl groups excluding tert-OH is 1. The van der Waals surface area contributed by atoms with Crippen LogP contribution in [0.15, 0.2) is 24.3 Å². The average molecular weight is 207 g/mol. The second-order valence-electron chi connectivity index (χ2n) is 4.14. The Bertz CT molecular complexity index is 321.